The van der Waals surface area contributed by atoms with Crippen molar-refractivity contribution in [2.75, 3.05) is 13.3 Å². The Hall–Kier alpha value is -3.69. The molecule has 2 aliphatic rings. The van der Waals surface area contributed by atoms with E-state index in [1.54, 1.807) is 28.6 Å². The van der Waals surface area contributed by atoms with Crippen LogP contribution >= 0.6 is 15.9 Å². The van der Waals surface area contributed by atoms with E-state index in [1.165, 1.54) is 12.1 Å². The van der Waals surface area contributed by atoms with Gasteiger partial charge in [0.2, 0.25) is 6.79 Å². The third-order valence-corrected chi connectivity index (χ3v) is 7.07. The predicted molar refractivity (Wildman–Crippen MR) is 138 cm³/mol. The van der Waals surface area contributed by atoms with Crippen molar-refractivity contribution in [2.45, 2.75) is 25.7 Å². The van der Waals surface area contributed by atoms with Crippen molar-refractivity contribution in [3.8, 4) is 28.4 Å². The van der Waals surface area contributed by atoms with Gasteiger partial charge in [-0.2, -0.15) is 5.10 Å². The van der Waals surface area contributed by atoms with E-state index < -0.39 is 12.3 Å². The molecule has 3 aromatic carbocycles. The number of carbonyl (C=O) groups is 1. The first-order valence-corrected chi connectivity index (χ1v) is 12.7. The van der Waals surface area contributed by atoms with E-state index >= 15 is 0 Å². The van der Waals surface area contributed by atoms with Crippen molar-refractivity contribution in [3.05, 3.63) is 94.3 Å². The average molecular weight is 564 g/mol. The van der Waals surface area contributed by atoms with Crippen molar-refractivity contribution in [2.24, 2.45) is 0 Å². The molecule has 2 unspecified atom stereocenters. The minimum Gasteiger partial charge on any atom is -0.454 e. The Morgan fingerprint density at radius 2 is 1.78 bits per heavy atom. The maximum Gasteiger partial charge on any atom is 0.253 e. The Labute approximate surface area is 221 Å². The summed E-state index contributed by atoms with van der Waals surface area (Å²) in [5.41, 5.74) is 3.97. The van der Waals surface area contributed by atoms with Crippen molar-refractivity contribution in [1.82, 2.24) is 14.7 Å². The molecule has 188 valence electrons. The standard InChI is InChI=1S/C28H23BrFN3O4/c1-17-27(34)32(13-12-18-2-11-24-25(14-18)36-16-35-24)28(37-17)23-15-33(22-9-5-20(29)6-10-22)31-26(23)19-3-7-21(30)8-4-19/h2-11,14-15,17,28H,12-13,16H2,1H3. The summed E-state index contributed by atoms with van der Waals surface area (Å²) in [6.07, 6.45) is 1.26. The molecule has 0 aliphatic carbocycles. The van der Waals surface area contributed by atoms with Crippen molar-refractivity contribution in [1.29, 1.82) is 0 Å². The molecule has 4 aromatic rings. The molecular formula is C28H23BrFN3O4. The number of aromatic nitrogens is 2. The second-order valence-corrected chi connectivity index (χ2v) is 9.88. The van der Waals surface area contributed by atoms with E-state index in [2.05, 4.69) is 15.9 Å². The third-order valence-electron chi connectivity index (χ3n) is 6.54. The lowest BCUT2D eigenvalue weighted by Crippen LogP contribution is -2.32. The fourth-order valence-electron chi connectivity index (χ4n) is 4.61. The number of fused-ring (bicyclic) bond motifs is 1. The first-order chi connectivity index (χ1) is 18.0. The number of carbonyl (C=O) groups excluding carboxylic acids is 1. The lowest BCUT2D eigenvalue weighted by molar-refractivity contribution is -0.130. The van der Waals surface area contributed by atoms with Gasteiger partial charge in [-0.15, -0.1) is 0 Å². The maximum atomic E-state index is 13.7. The molecule has 37 heavy (non-hydrogen) atoms. The largest absolute Gasteiger partial charge is 0.454 e. The molecule has 2 aliphatic heterocycles. The van der Waals surface area contributed by atoms with E-state index in [0.29, 0.717) is 24.4 Å². The highest BCUT2D eigenvalue weighted by atomic mass is 79.9. The van der Waals surface area contributed by atoms with Gasteiger partial charge in [0, 0.05) is 28.3 Å². The first kappa shape index (κ1) is 23.7. The average Bonchev–Trinajstić information content (AvgIpc) is 3.62. The molecule has 9 heteroatoms. The highest BCUT2D eigenvalue weighted by molar-refractivity contribution is 9.10. The summed E-state index contributed by atoms with van der Waals surface area (Å²) >= 11 is 3.46. The van der Waals surface area contributed by atoms with Crippen LogP contribution in [0, 0.1) is 5.82 Å². The van der Waals surface area contributed by atoms with Gasteiger partial charge in [-0.05, 0) is 79.6 Å². The number of amides is 1. The van der Waals surface area contributed by atoms with Crippen LogP contribution in [0.15, 0.2) is 77.4 Å². The molecule has 1 saturated heterocycles. The first-order valence-electron chi connectivity index (χ1n) is 11.9. The van der Waals surface area contributed by atoms with Gasteiger partial charge in [0.1, 0.15) is 17.6 Å². The minimum atomic E-state index is -0.638. The molecule has 7 nitrogen and oxygen atoms in total. The maximum absolute atomic E-state index is 13.7. The van der Waals surface area contributed by atoms with E-state index in [9.17, 15) is 9.18 Å². The van der Waals surface area contributed by atoms with Crippen LogP contribution in [-0.4, -0.2) is 40.0 Å². The van der Waals surface area contributed by atoms with Gasteiger partial charge in [0.25, 0.3) is 5.91 Å². The summed E-state index contributed by atoms with van der Waals surface area (Å²) in [7, 11) is 0. The van der Waals surface area contributed by atoms with Crippen LogP contribution in [0.4, 0.5) is 4.39 Å². The van der Waals surface area contributed by atoms with Gasteiger partial charge in [0.15, 0.2) is 17.7 Å². The van der Waals surface area contributed by atoms with Gasteiger partial charge < -0.3 is 19.1 Å². The normalized spacial score (nSPS) is 18.6. The Morgan fingerprint density at radius 1 is 1.03 bits per heavy atom. The monoisotopic (exact) mass is 563 g/mol. The molecule has 0 bridgehead atoms. The molecule has 0 saturated carbocycles. The van der Waals surface area contributed by atoms with E-state index in [0.717, 1.165) is 32.6 Å². The molecule has 1 amide bonds. The second kappa shape index (κ2) is 9.64. The molecule has 3 heterocycles. The lowest BCUT2D eigenvalue weighted by Gasteiger charge is -2.23. The fourth-order valence-corrected chi connectivity index (χ4v) is 4.88. The van der Waals surface area contributed by atoms with Crippen LogP contribution in [0.3, 0.4) is 0 Å². The molecule has 0 N–H and O–H groups in total. The van der Waals surface area contributed by atoms with Crippen molar-refractivity contribution >= 4 is 21.8 Å². The second-order valence-electron chi connectivity index (χ2n) is 8.96. The molecule has 1 fully saturated rings. The van der Waals surface area contributed by atoms with Crippen LogP contribution < -0.4 is 9.47 Å². The predicted octanol–water partition coefficient (Wildman–Crippen LogP) is 5.66. The zero-order chi connectivity index (χ0) is 25.5. The highest BCUT2D eigenvalue weighted by Crippen LogP contribution is 2.38. The summed E-state index contributed by atoms with van der Waals surface area (Å²) in [5.74, 6) is 1.01. The number of halogens is 2. The Kier molecular flexibility index (Phi) is 6.18. The van der Waals surface area contributed by atoms with Gasteiger partial charge in [-0.25, -0.2) is 9.07 Å². The quantitative estimate of drug-likeness (QED) is 0.303. The van der Waals surface area contributed by atoms with Crippen LogP contribution in [0.2, 0.25) is 0 Å². The Morgan fingerprint density at radius 3 is 2.57 bits per heavy atom. The van der Waals surface area contributed by atoms with E-state index in [4.69, 9.17) is 19.3 Å². The molecule has 0 spiro atoms. The SMILES string of the molecule is CC1OC(c2cn(-c3ccc(Br)cc3)nc2-c2ccc(F)cc2)N(CCc2ccc3c(c2)OCO3)C1=O. The van der Waals surface area contributed by atoms with Gasteiger partial charge in [-0.3, -0.25) is 4.79 Å². The van der Waals surface area contributed by atoms with Crippen LogP contribution in [0.5, 0.6) is 11.5 Å². The summed E-state index contributed by atoms with van der Waals surface area (Å²) in [6.45, 7) is 2.41. The zero-order valence-corrected chi connectivity index (χ0v) is 21.5. The summed E-state index contributed by atoms with van der Waals surface area (Å²) in [5, 5.41) is 4.83. The molecule has 1 aromatic heterocycles. The minimum absolute atomic E-state index is 0.0906. The molecule has 2 atom stereocenters. The Balaban J connectivity index is 1.35. The van der Waals surface area contributed by atoms with Gasteiger partial charge in [0.05, 0.1) is 5.69 Å². The number of nitrogens with zero attached hydrogens (tertiary/aromatic N) is 3. The summed E-state index contributed by atoms with van der Waals surface area (Å²) in [6, 6.07) is 19.7. The Bertz CT molecular complexity index is 1460. The topological polar surface area (TPSA) is 65.8 Å². The van der Waals surface area contributed by atoms with Gasteiger partial charge in [-0.1, -0.05) is 22.0 Å². The smallest absolute Gasteiger partial charge is 0.253 e. The number of rotatable bonds is 6. The number of benzene rings is 3. The van der Waals surface area contributed by atoms with E-state index in [1.807, 2.05) is 48.7 Å². The zero-order valence-electron chi connectivity index (χ0n) is 19.9. The van der Waals surface area contributed by atoms with Crippen molar-refractivity contribution < 1.29 is 23.4 Å². The molecular weight excluding hydrogens is 541 g/mol. The molecule has 0 radical (unpaired) electrons. The van der Waals surface area contributed by atoms with Crippen LogP contribution in [0.1, 0.15) is 24.3 Å². The molecule has 6 rings (SSSR count). The van der Waals surface area contributed by atoms with E-state index in [-0.39, 0.29) is 18.5 Å². The van der Waals surface area contributed by atoms with Crippen LogP contribution in [-0.2, 0) is 16.0 Å². The summed E-state index contributed by atoms with van der Waals surface area (Å²) in [4.78, 5) is 14.9. The lowest BCUT2D eigenvalue weighted by atomic mass is 10.1. The third kappa shape index (κ3) is 4.60. The number of hydrogen-bond donors (Lipinski definition) is 0. The van der Waals surface area contributed by atoms with Gasteiger partial charge >= 0.3 is 0 Å². The van der Waals surface area contributed by atoms with Crippen LogP contribution in [0.25, 0.3) is 16.9 Å². The number of hydrogen-bond acceptors (Lipinski definition) is 5. The van der Waals surface area contributed by atoms with Crippen molar-refractivity contribution in [3.63, 3.8) is 0 Å². The highest BCUT2D eigenvalue weighted by Gasteiger charge is 2.40. The number of ether oxygens (including phenoxy) is 3. The summed E-state index contributed by atoms with van der Waals surface area (Å²) < 4.78 is 33.5. The fraction of sp³-hybridized carbons (Fsp3) is 0.214.